The van der Waals surface area contributed by atoms with Crippen molar-refractivity contribution in [2.75, 3.05) is 59.0 Å². The van der Waals surface area contributed by atoms with Crippen molar-refractivity contribution in [3.05, 3.63) is 24.2 Å². The molecule has 0 aromatic carbocycles. The molecule has 2 atom stereocenters. The average molecular weight is 420 g/mol. The van der Waals surface area contributed by atoms with Gasteiger partial charge < -0.3 is 24.3 Å². The Morgan fingerprint density at radius 2 is 1.97 bits per heavy atom. The van der Waals surface area contributed by atoms with Crippen LogP contribution in [0, 0.1) is 0 Å². The molecule has 3 heterocycles. The van der Waals surface area contributed by atoms with E-state index in [1.54, 1.807) is 6.26 Å². The van der Waals surface area contributed by atoms with Crippen molar-refractivity contribution in [3.63, 3.8) is 0 Å². The molecule has 1 N–H and O–H groups in total. The number of ether oxygens (including phenoxy) is 1. The van der Waals surface area contributed by atoms with Gasteiger partial charge in [-0.15, -0.1) is 0 Å². The molecule has 168 valence electrons. The van der Waals surface area contributed by atoms with Gasteiger partial charge in [-0.25, -0.2) is 0 Å². The molecule has 2 aliphatic heterocycles. The average Bonchev–Trinajstić information content (AvgIpc) is 3.50. The summed E-state index contributed by atoms with van der Waals surface area (Å²) in [5.41, 5.74) is 0. The number of nitrogens with one attached hydrogen (secondary N) is 1. The number of furan rings is 1. The highest BCUT2D eigenvalue weighted by Crippen LogP contribution is 2.22. The second-order valence-corrected chi connectivity index (χ2v) is 7.76. The van der Waals surface area contributed by atoms with Crippen LogP contribution in [0.1, 0.15) is 45.4 Å². The molecular formula is C22H37N5O3. The summed E-state index contributed by atoms with van der Waals surface area (Å²) in [7, 11) is 0. The maximum Gasteiger partial charge on any atom is 0.251 e. The lowest BCUT2D eigenvalue weighted by Crippen LogP contribution is -2.55. The molecule has 0 bridgehead atoms. The van der Waals surface area contributed by atoms with Gasteiger partial charge in [0.05, 0.1) is 18.8 Å². The number of nitrogens with zero attached hydrogens (tertiary/aromatic N) is 4. The Morgan fingerprint density at radius 1 is 1.23 bits per heavy atom. The predicted octanol–water partition coefficient (Wildman–Crippen LogP) is 1.95. The van der Waals surface area contributed by atoms with Gasteiger partial charge in [-0.05, 0) is 45.0 Å². The van der Waals surface area contributed by atoms with Crippen molar-refractivity contribution < 1.29 is 13.9 Å². The Morgan fingerprint density at radius 3 is 2.53 bits per heavy atom. The molecule has 2 saturated heterocycles. The highest BCUT2D eigenvalue weighted by molar-refractivity contribution is 5.82. The van der Waals surface area contributed by atoms with Crippen molar-refractivity contribution in [3.8, 4) is 0 Å². The van der Waals surface area contributed by atoms with Gasteiger partial charge in [0.25, 0.3) is 5.91 Å². The fraction of sp³-hybridized carbons (Fsp3) is 0.727. The van der Waals surface area contributed by atoms with Crippen LogP contribution >= 0.6 is 0 Å². The number of rotatable bonds is 8. The first-order chi connectivity index (χ1) is 14.7. The standard InChI is InChI=1S/C22H37N5O3/c1-4-23-22(24-17-18(25(5-2)6-3)19-9-7-15-29-19)27-13-11-26(12-14-27)21(28)20-10-8-16-30-20/h7,9,15,18,20H,4-6,8,10-14,16-17H2,1-3H3,(H,23,24). The molecule has 0 spiro atoms. The highest BCUT2D eigenvalue weighted by Gasteiger charge is 2.31. The molecule has 1 aromatic heterocycles. The monoisotopic (exact) mass is 419 g/mol. The maximum absolute atomic E-state index is 12.6. The minimum absolute atomic E-state index is 0.117. The van der Waals surface area contributed by atoms with E-state index >= 15 is 0 Å². The molecule has 3 rings (SSSR count). The third-order valence-corrected chi connectivity index (χ3v) is 5.97. The molecule has 0 saturated carbocycles. The summed E-state index contributed by atoms with van der Waals surface area (Å²) in [6.07, 6.45) is 3.33. The van der Waals surface area contributed by atoms with Crippen LogP contribution in [0.4, 0.5) is 0 Å². The van der Waals surface area contributed by atoms with Gasteiger partial charge in [0.2, 0.25) is 0 Å². The fourth-order valence-corrected chi connectivity index (χ4v) is 4.24. The van der Waals surface area contributed by atoms with Crippen molar-refractivity contribution in [1.29, 1.82) is 0 Å². The van der Waals surface area contributed by atoms with Gasteiger partial charge in [0.1, 0.15) is 11.9 Å². The van der Waals surface area contributed by atoms with Gasteiger partial charge >= 0.3 is 0 Å². The molecule has 8 heteroatoms. The first kappa shape index (κ1) is 22.6. The largest absolute Gasteiger partial charge is 0.468 e. The minimum Gasteiger partial charge on any atom is -0.468 e. The van der Waals surface area contributed by atoms with E-state index in [9.17, 15) is 4.79 Å². The number of amides is 1. The van der Waals surface area contributed by atoms with E-state index in [1.165, 1.54) is 0 Å². The summed E-state index contributed by atoms with van der Waals surface area (Å²) in [5.74, 6) is 2.00. The Labute approximate surface area is 180 Å². The van der Waals surface area contributed by atoms with Crippen LogP contribution in [-0.4, -0.2) is 91.6 Å². The molecule has 30 heavy (non-hydrogen) atoms. The van der Waals surface area contributed by atoms with E-state index in [4.69, 9.17) is 14.1 Å². The van der Waals surface area contributed by atoms with E-state index in [2.05, 4.69) is 35.9 Å². The number of carbonyl (C=O) groups excluding carboxylic acids is 1. The zero-order valence-corrected chi connectivity index (χ0v) is 18.7. The third kappa shape index (κ3) is 5.55. The molecule has 0 aliphatic carbocycles. The Hall–Kier alpha value is -2.06. The molecular weight excluding hydrogens is 382 g/mol. The Kier molecular flexibility index (Phi) is 8.57. The van der Waals surface area contributed by atoms with Gasteiger partial charge in [0, 0.05) is 39.3 Å². The maximum atomic E-state index is 12.6. The third-order valence-electron chi connectivity index (χ3n) is 5.97. The molecule has 8 nitrogen and oxygen atoms in total. The smallest absolute Gasteiger partial charge is 0.251 e. The van der Waals surface area contributed by atoms with E-state index in [-0.39, 0.29) is 18.1 Å². The molecule has 2 fully saturated rings. The van der Waals surface area contributed by atoms with Gasteiger partial charge in [-0.3, -0.25) is 14.7 Å². The quantitative estimate of drug-likeness (QED) is 0.513. The summed E-state index contributed by atoms with van der Waals surface area (Å²) in [4.78, 5) is 24.1. The summed E-state index contributed by atoms with van der Waals surface area (Å²) < 4.78 is 11.3. The predicted molar refractivity (Wildman–Crippen MR) is 117 cm³/mol. The first-order valence-electron chi connectivity index (χ1n) is 11.4. The lowest BCUT2D eigenvalue weighted by Gasteiger charge is -2.37. The number of piperazine rings is 1. The number of guanidine groups is 1. The number of hydrogen-bond donors (Lipinski definition) is 1. The van der Waals surface area contributed by atoms with Crippen LogP contribution in [0.2, 0.25) is 0 Å². The van der Waals surface area contributed by atoms with E-state index in [0.29, 0.717) is 26.2 Å². The number of hydrogen-bond acceptors (Lipinski definition) is 5. The van der Waals surface area contributed by atoms with Gasteiger partial charge in [-0.2, -0.15) is 0 Å². The van der Waals surface area contributed by atoms with Crippen LogP contribution in [0.15, 0.2) is 27.8 Å². The van der Waals surface area contributed by atoms with Crippen molar-refractivity contribution >= 4 is 11.9 Å². The topological polar surface area (TPSA) is 73.6 Å². The lowest BCUT2D eigenvalue weighted by atomic mass is 10.2. The number of likely N-dealkylation sites (N-methyl/N-ethyl adjacent to an activating group) is 1. The molecule has 1 aromatic rings. The normalized spacial score (nSPS) is 21.3. The van der Waals surface area contributed by atoms with Gasteiger partial charge in [0.15, 0.2) is 5.96 Å². The van der Waals surface area contributed by atoms with Crippen molar-refractivity contribution in [2.24, 2.45) is 4.99 Å². The summed E-state index contributed by atoms with van der Waals surface area (Å²) in [6.45, 7) is 13.4. The number of aliphatic imine (C=N–C) groups is 1. The lowest BCUT2D eigenvalue weighted by molar-refractivity contribution is -0.142. The van der Waals surface area contributed by atoms with Crippen LogP contribution in [0.3, 0.4) is 0 Å². The van der Waals surface area contributed by atoms with Gasteiger partial charge in [-0.1, -0.05) is 13.8 Å². The van der Waals surface area contributed by atoms with Crippen LogP contribution in [-0.2, 0) is 9.53 Å². The van der Waals surface area contributed by atoms with Crippen molar-refractivity contribution in [1.82, 2.24) is 20.0 Å². The fourth-order valence-electron chi connectivity index (χ4n) is 4.24. The van der Waals surface area contributed by atoms with E-state index < -0.39 is 0 Å². The minimum atomic E-state index is -0.235. The summed E-state index contributed by atoms with van der Waals surface area (Å²) in [6, 6.07) is 4.08. The summed E-state index contributed by atoms with van der Waals surface area (Å²) in [5, 5.41) is 3.43. The zero-order chi connectivity index (χ0) is 21.3. The first-order valence-corrected chi connectivity index (χ1v) is 11.4. The van der Waals surface area contributed by atoms with Crippen molar-refractivity contribution in [2.45, 2.75) is 45.8 Å². The van der Waals surface area contributed by atoms with E-state index in [0.717, 1.165) is 57.3 Å². The second-order valence-electron chi connectivity index (χ2n) is 7.76. The van der Waals surface area contributed by atoms with Crippen LogP contribution in [0.5, 0.6) is 0 Å². The SMILES string of the molecule is CCNC(=NCC(c1ccco1)N(CC)CC)N1CCN(C(=O)C2CCCO2)CC1. The highest BCUT2D eigenvalue weighted by atomic mass is 16.5. The molecule has 0 radical (unpaired) electrons. The van der Waals surface area contributed by atoms with Crippen LogP contribution < -0.4 is 5.32 Å². The molecule has 2 aliphatic rings. The van der Waals surface area contributed by atoms with Crippen LogP contribution in [0.25, 0.3) is 0 Å². The Balaban J connectivity index is 1.63. The Bertz CT molecular complexity index is 660. The molecule has 2 unspecified atom stereocenters. The number of carbonyl (C=O) groups is 1. The second kappa shape index (κ2) is 11.4. The molecule has 1 amide bonds. The summed E-state index contributed by atoms with van der Waals surface area (Å²) >= 11 is 0. The zero-order valence-electron chi connectivity index (χ0n) is 18.7. The van der Waals surface area contributed by atoms with E-state index in [1.807, 2.05) is 17.0 Å².